The summed E-state index contributed by atoms with van der Waals surface area (Å²) < 4.78 is 0.640. The molecule has 0 aliphatic carbocycles. The minimum absolute atomic E-state index is 0.0555. The summed E-state index contributed by atoms with van der Waals surface area (Å²) in [4.78, 5) is 25.9. The number of nitrogens with one attached hydrogen (secondary N) is 2. The van der Waals surface area contributed by atoms with Gasteiger partial charge in [0.05, 0.1) is 11.3 Å². The number of rotatable bonds is 4. The molecule has 1 heterocycles. The molecule has 2 rings (SSSR count). The number of nitrogens with zero attached hydrogens (tertiary/aromatic N) is 1. The van der Waals surface area contributed by atoms with Crippen molar-refractivity contribution in [2.24, 2.45) is 5.73 Å². The predicted molar refractivity (Wildman–Crippen MR) is 85.3 cm³/mol. The second kappa shape index (κ2) is 6.91. The van der Waals surface area contributed by atoms with Gasteiger partial charge >= 0.3 is 0 Å². The zero-order chi connectivity index (χ0) is 15.4. The largest absolute Gasteiger partial charge is 0.365 e. The van der Waals surface area contributed by atoms with Crippen molar-refractivity contribution in [2.45, 2.75) is 13.0 Å². The maximum absolute atomic E-state index is 12.2. The highest BCUT2D eigenvalue weighted by molar-refractivity contribution is 9.10. The van der Waals surface area contributed by atoms with Gasteiger partial charge < -0.3 is 21.3 Å². The van der Waals surface area contributed by atoms with E-state index in [1.54, 1.807) is 6.07 Å². The summed E-state index contributed by atoms with van der Waals surface area (Å²) in [6.07, 6.45) is 0. The SMILES string of the molecule is CCNC(=O)C1CNCCN1c1cccc(Br)c1C(N)=O. The van der Waals surface area contributed by atoms with Gasteiger partial charge in [0.25, 0.3) is 5.91 Å². The molecule has 1 saturated heterocycles. The second-order valence-corrected chi connectivity index (χ2v) is 5.66. The lowest BCUT2D eigenvalue weighted by molar-refractivity contribution is -0.122. The number of carbonyl (C=O) groups excluding carboxylic acids is 2. The molecular weight excluding hydrogens is 336 g/mol. The first kappa shape index (κ1) is 15.8. The number of hydrogen-bond donors (Lipinski definition) is 3. The summed E-state index contributed by atoms with van der Waals surface area (Å²) in [5.41, 5.74) is 6.59. The average molecular weight is 355 g/mol. The molecule has 0 bridgehead atoms. The summed E-state index contributed by atoms with van der Waals surface area (Å²) in [5.74, 6) is -0.564. The van der Waals surface area contributed by atoms with Crippen LogP contribution in [0.1, 0.15) is 17.3 Å². The van der Waals surface area contributed by atoms with E-state index in [4.69, 9.17) is 5.73 Å². The Morgan fingerprint density at radius 2 is 2.29 bits per heavy atom. The fourth-order valence-corrected chi connectivity index (χ4v) is 3.07. The highest BCUT2D eigenvalue weighted by Gasteiger charge is 2.31. The Balaban J connectivity index is 2.40. The quantitative estimate of drug-likeness (QED) is 0.733. The molecule has 7 heteroatoms. The smallest absolute Gasteiger partial charge is 0.251 e. The number of amides is 2. The van der Waals surface area contributed by atoms with E-state index in [9.17, 15) is 9.59 Å². The summed E-state index contributed by atoms with van der Waals surface area (Å²) in [6, 6.07) is 5.07. The Hall–Kier alpha value is -1.60. The van der Waals surface area contributed by atoms with Gasteiger partial charge in [0.15, 0.2) is 0 Å². The maximum atomic E-state index is 12.2. The van der Waals surface area contributed by atoms with Crippen LogP contribution in [0.2, 0.25) is 0 Å². The summed E-state index contributed by atoms with van der Waals surface area (Å²) in [6.45, 7) is 4.38. The molecule has 1 aromatic rings. The first-order chi connectivity index (χ1) is 10.1. The van der Waals surface area contributed by atoms with Crippen molar-refractivity contribution in [1.82, 2.24) is 10.6 Å². The van der Waals surface area contributed by atoms with Crippen molar-refractivity contribution in [3.8, 4) is 0 Å². The minimum atomic E-state index is -0.509. The Labute approximate surface area is 132 Å². The molecule has 4 N–H and O–H groups in total. The van der Waals surface area contributed by atoms with Gasteiger partial charge in [0, 0.05) is 30.7 Å². The lowest BCUT2D eigenvalue weighted by Crippen LogP contribution is -2.58. The molecule has 114 valence electrons. The van der Waals surface area contributed by atoms with E-state index in [1.807, 2.05) is 24.0 Å². The van der Waals surface area contributed by atoms with E-state index in [1.165, 1.54) is 0 Å². The van der Waals surface area contributed by atoms with Crippen LogP contribution in [0.5, 0.6) is 0 Å². The van der Waals surface area contributed by atoms with Crippen LogP contribution in [0.15, 0.2) is 22.7 Å². The monoisotopic (exact) mass is 354 g/mol. The van der Waals surface area contributed by atoms with Crippen LogP contribution in [0.25, 0.3) is 0 Å². The van der Waals surface area contributed by atoms with Gasteiger partial charge in [-0.05, 0) is 35.0 Å². The molecule has 1 aromatic carbocycles. The number of primary amides is 1. The van der Waals surface area contributed by atoms with Gasteiger partial charge in [0.1, 0.15) is 6.04 Å². The number of hydrogen-bond acceptors (Lipinski definition) is 4. The fraction of sp³-hybridized carbons (Fsp3) is 0.429. The number of carbonyl (C=O) groups is 2. The van der Waals surface area contributed by atoms with E-state index >= 15 is 0 Å². The molecular formula is C14H19BrN4O2. The predicted octanol–water partition coefficient (Wildman–Crippen LogP) is 0.462. The van der Waals surface area contributed by atoms with Gasteiger partial charge in [-0.25, -0.2) is 0 Å². The molecule has 1 fully saturated rings. The van der Waals surface area contributed by atoms with Crippen LogP contribution >= 0.6 is 15.9 Å². The Bertz CT molecular complexity index is 550. The molecule has 0 aromatic heterocycles. The van der Waals surface area contributed by atoms with Crippen molar-refractivity contribution in [3.63, 3.8) is 0 Å². The fourth-order valence-electron chi connectivity index (χ4n) is 2.51. The van der Waals surface area contributed by atoms with E-state index in [0.717, 1.165) is 6.54 Å². The van der Waals surface area contributed by atoms with Crippen LogP contribution in [0.4, 0.5) is 5.69 Å². The van der Waals surface area contributed by atoms with Crippen LogP contribution in [0, 0.1) is 0 Å². The standard InChI is InChI=1S/C14H19BrN4O2/c1-2-18-14(21)11-8-17-6-7-19(11)10-5-3-4-9(15)12(10)13(16)20/h3-5,11,17H,2,6-8H2,1H3,(H2,16,20)(H,18,21). The van der Waals surface area contributed by atoms with Crippen LogP contribution in [-0.2, 0) is 4.79 Å². The Morgan fingerprint density at radius 3 is 2.95 bits per heavy atom. The normalized spacial score (nSPS) is 18.4. The van der Waals surface area contributed by atoms with Crippen molar-refractivity contribution in [1.29, 1.82) is 0 Å². The van der Waals surface area contributed by atoms with Crippen molar-refractivity contribution < 1.29 is 9.59 Å². The van der Waals surface area contributed by atoms with Crippen LogP contribution in [0.3, 0.4) is 0 Å². The van der Waals surface area contributed by atoms with E-state index in [-0.39, 0.29) is 11.9 Å². The third kappa shape index (κ3) is 3.36. The van der Waals surface area contributed by atoms with Gasteiger partial charge in [-0.1, -0.05) is 6.07 Å². The Morgan fingerprint density at radius 1 is 1.52 bits per heavy atom. The Kier molecular flexibility index (Phi) is 5.19. The molecule has 1 unspecified atom stereocenters. The van der Waals surface area contributed by atoms with E-state index < -0.39 is 5.91 Å². The maximum Gasteiger partial charge on any atom is 0.251 e. The lowest BCUT2D eigenvalue weighted by Gasteiger charge is -2.37. The first-order valence-electron chi connectivity index (χ1n) is 6.89. The second-order valence-electron chi connectivity index (χ2n) is 4.81. The zero-order valence-electron chi connectivity index (χ0n) is 11.9. The minimum Gasteiger partial charge on any atom is -0.365 e. The van der Waals surface area contributed by atoms with Gasteiger partial charge in [-0.2, -0.15) is 0 Å². The molecule has 0 saturated carbocycles. The molecule has 2 amide bonds. The number of piperazine rings is 1. The van der Waals surface area contributed by atoms with Crippen molar-refractivity contribution in [2.75, 3.05) is 31.1 Å². The number of halogens is 1. The highest BCUT2D eigenvalue weighted by Crippen LogP contribution is 2.29. The van der Waals surface area contributed by atoms with Crippen LogP contribution in [-0.4, -0.2) is 44.0 Å². The molecule has 21 heavy (non-hydrogen) atoms. The van der Waals surface area contributed by atoms with Gasteiger partial charge in [-0.3, -0.25) is 9.59 Å². The van der Waals surface area contributed by atoms with E-state index in [0.29, 0.717) is 35.4 Å². The highest BCUT2D eigenvalue weighted by atomic mass is 79.9. The van der Waals surface area contributed by atoms with Crippen LogP contribution < -0.4 is 21.3 Å². The zero-order valence-corrected chi connectivity index (χ0v) is 13.4. The summed E-state index contributed by atoms with van der Waals surface area (Å²) in [7, 11) is 0. The number of likely N-dealkylation sites (N-methyl/N-ethyl adjacent to an activating group) is 1. The van der Waals surface area contributed by atoms with E-state index in [2.05, 4.69) is 26.6 Å². The number of benzene rings is 1. The molecule has 1 aliphatic heterocycles. The van der Waals surface area contributed by atoms with Crippen molar-refractivity contribution >= 4 is 33.4 Å². The van der Waals surface area contributed by atoms with Gasteiger partial charge in [0.2, 0.25) is 5.91 Å². The molecule has 1 aliphatic rings. The molecule has 1 atom stereocenters. The topological polar surface area (TPSA) is 87.5 Å². The van der Waals surface area contributed by atoms with Gasteiger partial charge in [-0.15, -0.1) is 0 Å². The summed E-state index contributed by atoms with van der Waals surface area (Å²) in [5, 5.41) is 6.04. The average Bonchev–Trinajstić information content (AvgIpc) is 2.47. The third-order valence-electron chi connectivity index (χ3n) is 3.44. The first-order valence-corrected chi connectivity index (χ1v) is 7.69. The van der Waals surface area contributed by atoms with Crippen molar-refractivity contribution in [3.05, 3.63) is 28.2 Å². The molecule has 0 radical (unpaired) electrons. The molecule has 6 nitrogen and oxygen atoms in total. The lowest BCUT2D eigenvalue weighted by atomic mass is 10.1. The molecule has 0 spiro atoms. The number of nitrogens with two attached hydrogens (primary N) is 1. The third-order valence-corrected chi connectivity index (χ3v) is 4.11. The summed E-state index contributed by atoms with van der Waals surface area (Å²) >= 11 is 3.36. The number of anilines is 1.